The molecule has 2 saturated heterocycles. The molecule has 4 unspecified atom stereocenters. The summed E-state index contributed by atoms with van der Waals surface area (Å²) < 4.78 is 5.91. The zero-order valence-electron chi connectivity index (χ0n) is 11.6. The van der Waals surface area contributed by atoms with Gasteiger partial charge < -0.3 is 10.1 Å². The minimum absolute atomic E-state index is 0.415. The number of rotatable bonds is 3. The van der Waals surface area contributed by atoms with Gasteiger partial charge >= 0.3 is 0 Å². The standard InChI is InChI=1S/C16H23NO/c1-10-4-5-11(2)14(8-10)12(3)17-15-9-13-6-7-16(15)18-13/h4-5,8,12-13,15-17H,6-7,9H2,1-3H3. The SMILES string of the molecule is Cc1ccc(C)c(C(C)NC2CC3CCC2O3)c1. The zero-order chi connectivity index (χ0) is 12.7. The van der Waals surface area contributed by atoms with Gasteiger partial charge in [-0.1, -0.05) is 23.8 Å². The summed E-state index contributed by atoms with van der Waals surface area (Å²) in [6.45, 7) is 6.63. The first-order chi connectivity index (χ1) is 8.63. The van der Waals surface area contributed by atoms with Crippen LogP contribution in [0.5, 0.6) is 0 Å². The van der Waals surface area contributed by atoms with Gasteiger partial charge in [0.05, 0.1) is 12.2 Å². The van der Waals surface area contributed by atoms with Crippen LogP contribution >= 0.6 is 0 Å². The lowest BCUT2D eigenvalue weighted by Crippen LogP contribution is -2.39. The Bertz CT molecular complexity index is 443. The van der Waals surface area contributed by atoms with E-state index in [0.29, 0.717) is 24.3 Å². The smallest absolute Gasteiger partial charge is 0.0733 e. The average Bonchev–Trinajstić information content (AvgIpc) is 2.94. The molecule has 0 aliphatic carbocycles. The second kappa shape index (κ2) is 4.67. The molecule has 0 radical (unpaired) electrons. The first-order valence-corrected chi connectivity index (χ1v) is 7.12. The summed E-state index contributed by atoms with van der Waals surface area (Å²) >= 11 is 0. The van der Waals surface area contributed by atoms with Gasteiger partial charge in [-0.05, 0) is 51.2 Å². The van der Waals surface area contributed by atoms with Crippen LogP contribution in [0.15, 0.2) is 18.2 Å². The van der Waals surface area contributed by atoms with Crippen LogP contribution in [-0.4, -0.2) is 18.2 Å². The van der Waals surface area contributed by atoms with Gasteiger partial charge in [0.1, 0.15) is 0 Å². The van der Waals surface area contributed by atoms with E-state index in [1.54, 1.807) is 0 Å². The summed E-state index contributed by atoms with van der Waals surface area (Å²) in [7, 11) is 0. The quantitative estimate of drug-likeness (QED) is 0.882. The second-order valence-electron chi connectivity index (χ2n) is 5.96. The number of benzene rings is 1. The number of hydrogen-bond donors (Lipinski definition) is 1. The molecule has 2 heteroatoms. The van der Waals surface area contributed by atoms with Crippen molar-refractivity contribution in [1.29, 1.82) is 0 Å². The molecule has 2 aliphatic heterocycles. The Morgan fingerprint density at radius 2 is 2.11 bits per heavy atom. The largest absolute Gasteiger partial charge is 0.373 e. The topological polar surface area (TPSA) is 21.3 Å². The van der Waals surface area contributed by atoms with E-state index in [-0.39, 0.29) is 0 Å². The van der Waals surface area contributed by atoms with E-state index in [0.717, 1.165) is 0 Å². The third-order valence-corrected chi connectivity index (χ3v) is 4.47. The monoisotopic (exact) mass is 245 g/mol. The van der Waals surface area contributed by atoms with Crippen molar-refractivity contribution in [2.24, 2.45) is 0 Å². The summed E-state index contributed by atoms with van der Waals surface area (Å²) in [5.74, 6) is 0. The van der Waals surface area contributed by atoms with E-state index in [4.69, 9.17) is 4.74 Å². The van der Waals surface area contributed by atoms with Crippen LogP contribution in [0.4, 0.5) is 0 Å². The Labute approximate surface area is 110 Å². The van der Waals surface area contributed by atoms with E-state index >= 15 is 0 Å². The molecular formula is C16H23NO. The third kappa shape index (κ3) is 2.19. The second-order valence-corrected chi connectivity index (χ2v) is 5.96. The van der Waals surface area contributed by atoms with Crippen LogP contribution < -0.4 is 5.32 Å². The van der Waals surface area contributed by atoms with Crippen LogP contribution in [0.25, 0.3) is 0 Å². The highest BCUT2D eigenvalue weighted by molar-refractivity contribution is 5.32. The first kappa shape index (κ1) is 12.2. The maximum atomic E-state index is 5.91. The molecule has 3 rings (SSSR count). The van der Waals surface area contributed by atoms with Crippen molar-refractivity contribution < 1.29 is 4.74 Å². The van der Waals surface area contributed by atoms with Crippen molar-refractivity contribution in [3.63, 3.8) is 0 Å². The molecule has 2 aliphatic rings. The predicted molar refractivity (Wildman–Crippen MR) is 73.8 cm³/mol. The van der Waals surface area contributed by atoms with Gasteiger partial charge in [0.25, 0.3) is 0 Å². The Balaban J connectivity index is 1.71. The summed E-state index contributed by atoms with van der Waals surface area (Å²) in [4.78, 5) is 0. The molecule has 0 aromatic heterocycles. The van der Waals surface area contributed by atoms with Crippen LogP contribution in [0.3, 0.4) is 0 Å². The van der Waals surface area contributed by atoms with Crippen LogP contribution in [0.1, 0.15) is 48.9 Å². The van der Waals surface area contributed by atoms with Crippen molar-refractivity contribution in [3.8, 4) is 0 Å². The lowest BCUT2D eigenvalue weighted by Gasteiger charge is -2.26. The van der Waals surface area contributed by atoms with Crippen molar-refractivity contribution in [1.82, 2.24) is 5.32 Å². The molecule has 0 spiro atoms. The number of nitrogens with one attached hydrogen (secondary N) is 1. The number of ether oxygens (including phenoxy) is 1. The minimum Gasteiger partial charge on any atom is -0.373 e. The molecule has 1 N–H and O–H groups in total. The van der Waals surface area contributed by atoms with Gasteiger partial charge in [0, 0.05) is 12.1 Å². The maximum absolute atomic E-state index is 5.91. The molecule has 2 fully saturated rings. The van der Waals surface area contributed by atoms with Crippen molar-refractivity contribution in [2.45, 2.75) is 64.3 Å². The van der Waals surface area contributed by atoms with Gasteiger partial charge in [-0.3, -0.25) is 0 Å². The zero-order valence-corrected chi connectivity index (χ0v) is 11.6. The Kier molecular flexibility index (Phi) is 3.16. The summed E-state index contributed by atoms with van der Waals surface area (Å²) in [5.41, 5.74) is 4.15. The molecular weight excluding hydrogens is 222 g/mol. The summed E-state index contributed by atoms with van der Waals surface area (Å²) in [6.07, 6.45) is 4.68. The summed E-state index contributed by atoms with van der Waals surface area (Å²) in [6, 6.07) is 7.68. The Morgan fingerprint density at radius 1 is 1.28 bits per heavy atom. The van der Waals surface area contributed by atoms with Crippen molar-refractivity contribution >= 4 is 0 Å². The molecule has 0 amide bonds. The normalized spacial score (nSPS) is 31.8. The number of fused-ring (bicyclic) bond motifs is 2. The maximum Gasteiger partial charge on any atom is 0.0733 e. The fourth-order valence-corrected chi connectivity index (χ4v) is 3.45. The number of hydrogen-bond acceptors (Lipinski definition) is 2. The van der Waals surface area contributed by atoms with Gasteiger partial charge in [0.15, 0.2) is 0 Å². The summed E-state index contributed by atoms with van der Waals surface area (Å²) in [5, 5.41) is 3.77. The van der Waals surface area contributed by atoms with Crippen molar-refractivity contribution in [3.05, 3.63) is 34.9 Å². The van der Waals surface area contributed by atoms with Crippen LogP contribution in [0.2, 0.25) is 0 Å². The van der Waals surface area contributed by atoms with Crippen LogP contribution in [0, 0.1) is 13.8 Å². The van der Waals surface area contributed by atoms with Gasteiger partial charge in [-0.15, -0.1) is 0 Å². The highest BCUT2D eigenvalue weighted by atomic mass is 16.5. The Morgan fingerprint density at radius 3 is 2.78 bits per heavy atom. The van der Waals surface area contributed by atoms with E-state index in [1.165, 1.54) is 36.0 Å². The van der Waals surface area contributed by atoms with E-state index < -0.39 is 0 Å². The lowest BCUT2D eigenvalue weighted by atomic mass is 9.93. The van der Waals surface area contributed by atoms with Crippen LogP contribution in [-0.2, 0) is 4.74 Å². The van der Waals surface area contributed by atoms with Gasteiger partial charge in [0.2, 0.25) is 0 Å². The fraction of sp³-hybridized carbons (Fsp3) is 0.625. The third-order valence-electron chi connectivity index (χ3n) is 4.47. The molecule has 1 aromatic rings. The minimum atomic E-state index is 0.415. The first-order valence-electron chi connectivity index (χ1n) is 7.12. The molecule has 0 saturated carbocycles. The molecule has 2 nitrogen and oxygen atoms in total. The van der Waals surface area contributed by atoms with Gasteiger partial charge in [-0.25, -0.2) is 0 Å². The number of aryl methyl sites for hydroxylation is 2. The highest BCUT2D eigenvalue weighted by Gasteiger charge is 2.41. The van der Waals surface area contributed by atoms with E-state index in [9.17, 15) is 0 Å². The predicted octanol–water partition coefficient (Wildman–Crippen LogP) is 3.27. The van der Waals surface area contributed by atoms with Gasteiger partial charge in [-0.2, -0.15) is 0 Å². The van der Waals surface area contributed by atoms with E-state index in [1.807, 2.05) is 0 Å². The molecule has 18 heavy (non-hydrogen) atoms. The highest BCUT2D eigenvalue weighted by Crippen LogP contribution is 2.35. The Hall–Kier alpha value is -0.860. The molecule has 1 aromatic carbocycles. The fourth-order valence-electron chi connectivity index (χ4n) is 3.45. The molecule has 2 heterocycles. The molecule has 4 atom stereocenters. The molecule has 98 valence electrons. The molecule has 2 bridgehead atoms. The van der Waals surface area contributed by atoms with Crippen molar-refractivity contribution in [2.75, 3.05) is 0 Å². The van der Waals surface area contributed by atoms with E-state index in [2.05, 4.69) is 44.3 Å². The lowest BCUT2D eigenvalue weighted by molar-refractivity contribution is 0.0962. The average molecular weight is 245 g/mol.